The van der Waals surface area contributed by atoms with E-state index in [9.17, 15) is 10.1 Å². The zero-order valence-electron chi connectivity index (χ0n) is 14.4. The van der Waals surface area contributed by atoms with Crippen LogP contribution in [0.2, 0.25) is 0 Å². The van der Waals surface area contributed by atoms with Crippen molar-refractivity contribution in [1.29, 1.82) is 0 Å². The van der Waals surface area contributed by atoms with Crippen LogP contribution >= 0.6 is 11.8 Å². The highest BCUT2D eigenvalue weighted by Gasteiger charge is 2.10. The Hall–Kier alpha value is -3.40. The molecular formula is C17H17N7O2S. The van der Waals surface area contributed by atoms with E-state index in [1.807, 2.05) is 25.1 Å². The molecule has 0 saturated carbocycles. The van der Waals surface area contributed by atoms with Crippen molar-refractivity contribution in [3.63, 3.8) is 0 Å². The number of nitrogens with zero attached hydrogens (tertiary/aromatic N) is 5. The second kappa shape index (κ2) is 8.32. The fourth-order valence-corrected chi connectivity index (χ4v) is 3.08. The highest BCUT2D eigenvalue weighted by atomic mass is 32.2. The van der Waals surface area contributed by atoms with Crippen LogP contribution in [0.1, 0.15) is 16.7 Å². The number of hydrazone groups is 1. The van der Waals surface area contributed by atoms with Crippen LogP contribution < -0.4 is 11.3 Å². The normalized spacial score (nSPS) is 11.0. The second-order valence-corrected chi connectivity index (χ2v) is 6.62. The molecule has 0 amide bonds. The van der Waals surface area contributed by atoms with Crippen LogP contribution in [0.25, 0.3) is 0 Å². The molecule has 1 heterocycles. The molecule has 0 radical (unpaired) electrons. The van der Waals surface area contributed by atoms with Crippen LogP contribution in [-0.4, -0.2) is 26.0 Å². The average molecular weight is 383 g/mol. The van der Waals surface area contributed by atoms with Gasteiger partial charge in [-0.25, -0.2) is 10.1 Å². The summed E-state index contributed by atoms with van der Waals surface area (Å²) in [6.45, 7) is 2.04. The first-order chi connectivity index (χ1) is 13.0. The van der Waals surface area contributed by atoms with Gasteiger partial charge in [-0.15, -0.1) is 10.2 Å². The SMILES string of the molecule is Cc1cccc(CSc2nnc(N/N=C/c3cccc([N+](=O)[O-])c3)n2N)c1. The Morgan fingerprint density at radius 1 is 1.30 bits per heavy atom. The van der Waals surface area contributed by atoms with E-state index in [4.69, 9.17) is 5.84 Å². The van der Waals surface area contributed by atoms with Gasteiger partial charge < -0.3 is 5.84 Å². The molecule has 2 aromatic carbocycles. The number of hydrogen-bond donors (Lipinski definition) is 2. The van der Waals surface area contributed by atoms with Crippen LogP contribution in [0.3, 0.4) is 0 Å². The van der Waals surface area contributed by atoms with E-state index >= 15 is 0 Å². The van der Waals surface area contributed by atoms with E-state index in [1.54, 1.807) is 12.1 Å². The van der Waals surface area contributed by atoms with Gasteiger partial charge in [0.25, 0.3) is 11.6 Å². The molecule has 9 nitrogen and oxygen atoms in total. The number of thioether (sulfide) groups is 1. The van der Waals surface area contributed by atoms with Gasteiger partial charge >= 0.3 is 0 Å². The summed E-state index contributed by atoms with van der Waals surface area (Å²) in [5, 5.41) is 23.3. The van der Waals surface area contributed by atoms with Crippen molar-refractivity contribution in [2.24, 2.45) is 5.10 Å². The summed E-state index contributed by atoms with van der Waals surface area (Å²) < 4.78 is 1.31. The summed E-state index contributed by atoms with van der Waals surface area (Å²) in [5.74, 6) is 6.97. The predicted octanol–water partition coefficient (Wildman–Crippen LogP) is 2.95. The van der Waals surface area contributed by atoms with Gasteiger partial charge in [0.2, 0.25) is 5.16 Å². The Morgan fingerprint density at radius 2 is 2.11 bits per heavy atom. The maximum absolute atomic E-state index is 10.8. The van der Waals surface area contributed by atoms with Crippen LogP contribution in [0, 0.1) is 17.0 Å². The van der Waals surface area contributed by atoms with Crippen LogP contribution in [0.15, 0.2) is 58.8 Å². The van der Waals surface area contributed by atoms with Crippen LogP contribution in [-0.2, 0) is 5.75 Å². The maximum atomic E-state index is 10.8. The number of aryl methyl sites for hydroxylation is 1. The molecule has 0 aliphatic rings. The fraction of sp³-hybridized carbons (Fsp3) is 0.118. The van der Waals surface area contributed by atoms with Gasteiger partial charge in [-0.3, -0.25) is 10.1 Å². The monoisotopic (exact) mass is 383 g/mol. The largest absolute Gasteiger partial charge is 0.334 e. The van der Waals surface area contributed by atoms with Crippen molar-refractivity contribution in [1.82, 2.24) is 14.9 Å². The summed E-state index contributed by atoms with van der Waals surface area (Å²) >= 11 is 1.46. The minimum atomic E-state index is -0.459. The van der Waals surface area contributed by atoms with Crippen molar-refractivity contribution >= 4 is 29.6 Å². The van der Waals surface area contributed by atoms with Gasteiger partial charge in [0.1, 0.15) is 0 Å². The molecular weight excluding hydrogens is 366 g/mol. The number of benzene rings is 2. The zero-order valence-corrected chi connectivity index (χ0v) is 15.3. The predicted molar refractivity (Wildman–Crippen MR) is 105 cm³/mol. The molecule has 1 aromatic heterocycles. The van der Waals surface area contributed by atoms with Gasteiger partial charge in [-0.1, -0.05) is 53.7 Å². The standard InChI is InChI=1S/C17H17N7O2S/c1-12-4-2-6-14(8-12)11-27-17-22-21-16(23(17)18)20-19-10-13-5-3-7-15(9-13)24(25)26/h2-10H,11,18H2,1H3,(H,20,21)/b19-10+. The molecule has 0 atom stereocenters. The smallest absolute Gasteiger partial charge is 0.270 e. The molecule has 0 unspecified atom stereocenters. The molecule has 0 bridgehead atoms. The van der Waals surface area contributed by atoms with Crippen molar-refractivity contribution < 1.29 is 4.92 Å². The number of rotatable bonds is 7. The number of anilines is 1. The summed E-state index contributed by atoms with van der Waals surface area (Å²) in [7, 11) is 0. The molecule has 0 spiro atoms. The molecule has 0 aliphatic heterocycles. The number of hydrogen-bond acceptors (Lipinski definition) is 8. The molecule has 0 aliphatic carbocycles. The molecule has 27 heavy (non-hydrogen) atoms. The quantitative estimate of drug-likeness (QED) is 0.211. The Labute approximate surface area is 159 Å². The van der Waals surface area contributed by atoms with E-state index in [1.165, 1.54) is 45.9 Å². The highest BCUT2D eigenvalue weighted by molar-refractivity contribution is 7.98. The summed E-state index contributed by atoms with van der Waals surface area (Å²) in [5.41, 5.74) is 5.62. The highest BCUT2D eigenvalue weighted by Crippen LogP contribution is 2.22. The van der Waals surface area contributed by atoms with Crippen molar-refractivity contribution in [2.75, 3.05) is 11.3 Å². The lowest BCUT2D eigenvalue weighted by atomic mass is 10.2. The van der Waals surface area contributed by atoms with Crippen molar-refractivity contribution in [3.05, 3.63) is 75.3 Å². The number of aromatic nitrogens is 3. The first-order valence-electron chi connectivity index (χ1n) is 7.95. The molecule has 3 N–H and O–H groups in total. The van der Waals surface area contributed by atoms with Gasteiger partial charge in [0.15, 0.2) is 0 Å². The first kappa shape index (κ1) is 18.4. The van der Waals surface area contributed by atoms with Crippen LogP contribution in [0.5, 0.6) is 0 Å². The second-order valence-electron chi connectivity index (χ2n) is 5.68. The van der Waals surface area contributed by atoms with Crippen molar-refractivity contribution in [3.8, 4) is 0 Å². The molecule has 0 saturated heterocycles. The average Bonchev–Trinajstić information content (AvgIpc) is 3.00. The van der Waals surface area contributed by atoms with E-state index in [-0.39, 0.29) is 11.6 Å². The Kier molecular flexibility index (Phi) is 5.67. The zero-order chi connectivity index (χ0) is 19.2. The van der Waals surface area contributed by atoms with Gasteiger partial charge in [0, 0.05) is 23.4 Å². The number of nitro groups is 1. The van der Waals surface area contributed by atoms with Crippen molar-refractivity contribution in [2.45, 2.75) is 17.8 Å². The summed E-state index contributed by atoms with van der Waals surface area (Å²) in [6, 6.07) is 14.3. The first-order valence-corrected chi connectivity index (χ1v) is 8.94. The van der Waals surface area contributed by atoms with Gasteiger partial charge in [-0.2, -0.15) is 5.10 Å². The third-order valence-electron chi connectivity index (χ3n) is 3.57. The lowest BCUT2D eigenvalue weighted by Gasteiger charge is -2.04. The molecule has 138 valence electrons. The van der Waals surface area contributed by atoms with E-state index in [0.717, 1.165) is 0 Å². The number of nitro benzene ring substituents is 1. The van der Waals surface area contributed by atoms with Gasteiger partial charge in [-0.05, 0) is 12.5 Å². The summed E-state index contributed by atoms with van der Waals surface area (Å²) in [4.78, 5) is 10.3. The number of nitrogens with two attached hydrogens (primary N) is 1. The van der Waals surface area contributed by atoms with E-state index < -0.39 is 4.92 Å². The molecule has 3 aromatic rings. The van der Waals surface area contributed by atoms with Gasteiger partial charge in [0.05, 0.1) is 11.1 Å². The Bertz CT molecular complexity index is 987. The number of non-ortho nitro benzene ring substituents is 1. The Morgan fingerprint density at radius 3 is 2.89 bits per heavy atom. The minimum Gasteiger partial charge on any atom is -0.334 e. The lowest BCUT2D eigenvalue weighted by Crippen LogP contribution is -2.13. The fourth-order valence-electron chi connectivity index (χ4n) is 2.28. The third kappa shape index (κ3) is 4.82. The van der Waals surface area contributed by atoms with E-state index in [2.05, 4.69) is 26.8 Å². The minimum absolute atomic E-state index is 0.00391. The Balaban J connectivity index is 1.62. The third-order valence-corrected chi connectivity index (χ3v) is 4.59. The lowest BCUT2D eigenvalue weighted by molar-refractivity contribution is -0.384. The van der Waals surface area contributed by atoms with Crippen LogP contribution in [0.4, 0.5) is 11.6 Å². The molecule has 3 rings (SSSR count). The molecule has 0 fully saturated rings. The topological polar surface area (TPSA) is 124 Å². The molecule has 10 heteroatoms. The number of nitrogens with one attached hydrogen (secondary N) is 1. The number of nitrogen functional groups attached to an aromatic ring is 1. The maximum Gasteiger partial charge on any atom is 0.270 e. The summed E-state index contributed by atoms with van der Waals surface area (Å²) in [6.07, 6.45) is 1.45. The van der Waals surface area contributed by atoms with E-state index in [0.29, 0.717) is 16.5 Å².